The fourth-order valence-electron chi connectivity index (χ4n) is 12.4. The van der Waals surface area contributed by atoms with Crippen LogP contribution >= 0.6 is 0 Å². The molecule has 1 heteroatoms. The molecular formula is C65H51N. The van der Waals surface area contributed by atoms with Crippen molar-refractivity contribution in [2.45, 2.75) is 56.8 Å². The second kappa shape index (κ2) is 14.3. The SMILES string of the molecule is CC1(C)CCC(C)(C)c2cc(-c3cc4c(cc3N(c3ccccc3)c3cccc(-c5cc6ccccc6c6ccccc56)c3)C3(c5ccccc5-c5ccccc53)c3ccccc3-4)ccc21. The molecule has 66 heavy (non-hydrogen) atoms. The Balaban J connectivity index is 1.13. The molecule has 0 amide bonds. The van der Waals surface area contributed by atoms with Gasteiger partial charge in [-0.2, -0.15) is 0 Å². The Labute approximate surface area is 388 Å². The van der Waals surface area contributed by atoms with E-state index in [0.717, 1.165) is 17.8 Å². The van der Waals surface area contributed by atoms with Crippen LogP contribution in [-0.2, 0) is 16.2 Å². The van der Waals surface area contributed by atoms with Gasteiger partial charge in [0.15, 0.2) is 0 Å². The van der Waals surface area contributed by atoms with Crippen molar-refractivity contribution in [3.8, 4) is 44.5 Å². The molecule has 316 valence electrons. The van der Waals surface area contributed by atoms with Crippen LogP contribution in [0.15, 0.2) is 212 Å². The molecule has 0 radical (unpaired) electrons. The first kappa shape index (κ1) is 38.9. The standard InChI is InChI=1S/C65H51N/c1-63(2)35-36-64(3,4)61-39-44(33-34-59(61)63)54-40-55-52-29-14-17-32-58(52)65(56-30-15-12-27-50(56)51-28-13-16-31-57(51)65)60(55)41-62(54)66(45-21-6-5-7-22-45)46-23-18-20-42(37-46)53-38-43-19-8-9-24-47(43)48-25-10-11-26-49(48)53/h5-34,37-41H,35-36H2,1-4H3. The lowest BCUT2D eigenvalue weighted by Gasteiger charge is -2.42. The Hall–Kier alpha value is -7.48. The van der Waals surface area contributed by atoms with Crippen LogP contribution in [0, 0.1) is 0 Å². The summed E-state index contributed by atoms with van der Waals surface area (Å²) in [7, 11) is 0. The largest absolute Gasteiger partial charge is 0.310 e. The third-order valence-corrected chi connectivity index (χ3v) is 15.7. The van der Waals surface area contributed by atoms with Gasteiger partial charge in [0, 0.05) is 16.9 Å². The molecule has 3 aliphatic carbocycles. The van der Waals surface area contributed by atoms with E-state index < -0.39 is 5.41 Å². The zero-order valence-electron chi connectivity index (χ0n) is 38.1. The average molecular weight is 846 g/mol. The second-order valence-corrected chi connectivity index (χ2v) is 20.2. The average Bonchev–Trinajstić information content (AvgIpc) is 3.82. The van der Waals surface area contributed by atoms with Crippen LogP contribution < -0.4 is 4.90 Å². The molecule has 0 fully saturated rings. The molecule has 3 aliphatic rings. The van der Waals surface area contributed by atoms with Crippen LogP contribution in [0.1, 0.15) is 73.9 Å². The lowest BCUT2D eigenvalue weighted by Crippen LogP contribution is -2.33. The summed E-state index contributed by atoms with van der Waals surface area (Å²) < 4.78 is 0. The van der Waals surface area contributed by atoms with Crippen molar-refractivity contribution < 1.29 is 0 Å². The summed E-state index contributed by atoms with van der Waals surface area (Å²) in [4.78, 5) is 2.54. The number of para-hydroxylation sites is 1. The van der Waals surface area contributed by atoms with Crippen molar-refractivity contribution in [3.05, 3.63) is 246 Å². The monoisotopic (exact) mass is 845 g/mol. The van der Waals surface area contributed by atoms with E-state index in [1.165, 1.54) is 112 Å². The van der Waals surface area contributed by atoms with Crippen molar-refractivity contribution in [3.63, 3.8) is 0 Å². The van der Waals surface area contributed by atoms with Gasteiger partial charge in [0.1, 0.15) is 0 Å². The second-order valence-electron chi connectivity index (χ2n) is 20.2. The van der Waals surface area contributed by atoms with Gasteiger partial charge in [-0.3, -0.25) is 0 Å². The zero-order chi connectivity index (χ0) is 44.4. The molecule has 0 heterocycles. The smallest absolute Gasteiger partial charge is 0.0726 e. The van der Waals surface area contributed by atoms with Crippen LogP contribution in [0.3, 0.4) is 0 Å². The van der Waals surface area contributed by atoms with Crippen LogP contribution in [0.5, 0.6) is 0 Å². The number of hydrogen-bond acceptors (Lipinski definition) is 1. The van der Waals surface area contributed by atoms with Crippen LogP contribution in [0.25, 0.3) is 66.1 Å². The van der Waals surface area contributed by atoms with E-state index in [-0.39, 0.29) is 10.8 Å². The van der Waals surface area contributed by atoms with E-state index in [4.69, 9.17) is 0 Å². The van der Waals surface area contributed by atoms with Gasteiger partial charge in [0.2, 0.25) is 0 Å². The molecule has 0 bridgehead atoms. The maximum absolute atomic E-state index is 2.59. The minimum Gasteiger partial charge on any atom is -0.310 e. The fourth-order valence-corrected chi connectivity index (χ4v) is 12.4. The Morgan fingerprint density at radius 3 is 1.56 bits per heavy atom. The van der Waals surface area contributed by atoms with Gasteiger partial charge in [0.25, 0.3) is 0 Å². The van der Waals surface area contributed by atoms with E-state index in [2.05, 4.69) is 245 Å². The minimum atomic E-state index is -0.484. The van der Waals surface area contributed by atoms with Crippen molar-refractivity contribution in [1.29, 1.82) is 0 Å². The number of benzene rings is 10. The Morgan fingerprint density at radius 2 is 0.864 bits per heavy atom. The minimum absolute atomic E-state index is 0.0573. The number of nitrogens with zero attached hydrogens (tertiary/aromatic N) is 1. The van der Waals surface area contributed by atoms with Crippen molar-refractivity contribution >= 4 is 38.6 Å². The fraction of sp³-hybridized carbons (Fsp3) is 0.138. The van der Waals surface area contributed by atoms with Crippen molar-refractivity contribution in [2.75, 3.05) is 4.90 Å². The van der Waals surface area contributed by atoms with Crippen molar-refractivity contribution in [1.82, 2.24) is 0 Å². The Bertz CT molecular complexity index is 3560. The van der Waals surface area contributed by atoms with Gasteiger partial charge >= 0.3 is 0 Å². The summed E-state index contributed by atoms with van der Waals surface area (Å²) in [6.45, 7) is 9.75. The summed E-state index contributed by atoms with van der Waals surface area (Å²) in [5, 5.41) is 5.06. The highest BCUT2D eigenvalue weighted by Gasteiger charge is 2.52. The number of fused-ring (bicyclic) bond motifs is 14. The Kier molecular flexibility index (Phi) is 8.41. The molecule has 0 unspecified atom stereocenters. The number of hydrogen-bond donors (Lipinski definition) is 0. The van der Waals surface area contributed by atoms with Crippen LogP contribution in [0.2, 0.25) is 0 Å². The molecule has 13 rings (SSSR count). The van der Waals surface area contributed by atoms with E-state index in [0.29, 0.717) is 0 Å². The highest BCUT2D eigenvalue weighted by atomic mass is 15.1. The Morgan fingerprint density at radius 1 is 0.318 bits per heavy atom. The van der Waals surface area contributed by atoms with Crippen LogP contribution in [0.4, 0.5) is 17.1 Å². The van der Waals surface area contributed by atoms with Gasteiger partial charge < -0.3 is 4.90 Å². The molecule has 1 spiro atoms. The van der Waals surface area contributed by atoms with E-state index in [1.807, 2.05) is 0 Å². The van der Waals surface area contributed by atoms with Gasteiger partial charge in [-0.25, -0.2) is 0 Å². The quantitative estimate of drug-likeness (QED) is 0.156. The number of anilines is 3. The summed E-state index contributed by atoms with van der Waals surface area (Å²) in [5.41, 5.74) is 21.6. The maximum atomic E-state index is 2.59. The molecule has 1 nitrogen and oxygen atoms in total. The lowest BCUT2D eigenvalue weighted by atomic mass is 9.63. The van der Waals surface area contributed by atoms with E-state index >= 15 is 0 Å². The molecule has 0 aliphatic heterocycles. The lowest BCUT2D eigenvalue weighted by molar-refractivity contribution is 0.332. The molecule has 10 aromatic rings. The molecule has 10 aromatic carbocycles. The first-order chi connectivity index (χ1) is 32.2. The molecule has 0 saturated carbocycles. The van der Waals surface area contributed by atoms with E-state index in [9.17, 15) is 0 Å². The first-order valence-corrected chi connectivity index (χ1v) is 23.7. The molecule has 0 saturated heterocycles. The highest BCUT2D eigenvalue weighted by Crippen LogP contribution is 2.64. The topological polar surface area (TPSA) is 3.24 Å². The summed E-state index contributed by atoms with van der Waals surface area (Å²) in [6.07, 6.45) is 2.34. The molecular weight excluding hydrogens is 795 g/mol. The first-order valence-electron chi connectivity index (χ1n) is 23.7. The number of rotatable bonds is 5. The predicted octanol–water partition coefficient (Wildman–Crippen LogP) is 17.5. The normalized spacial score (nSPS) is 15.5. The summed E-state index contributed by atoms with van der Waals surface area (Å²) in [6, 6.07) is 80.5. The molecule has 0 N–H and O–H groups in total. The summed E-state index contributed by atoms with van der Waals surface area (Å²) >= 11 is 0. The van der Waals surface area contributed by atoms with Gasteiger partial charge in [-0.05, 0) is 160 Å². The predicted molar refractivity (Wildman–Crippen MR) is 279 cm³/mol. The van der Waals surface area contributed by atoms with Gasteiger partial charge in [-0.1, -0.05) is 198 Å². The molecule has 0 atom stereocenters. The maximum Gasteiger partial charge on any atom is 0.0726 e. The third-order valence-electron chi connectivity index (χ3n) is 15.7. The van der Waals surface area contributed by atoms with Gasteiger partial charge in [-0.15, -0.1) is 0 Å². The van der Waals surface area contributed by atoms with Crippen molar-refractivity contribution in [2.24, 2.45) is 0 Å². The van der Waals surface area contributed by atoms with E-state index in [1.54, 1.807) is 0 Å². The van der Waals surface area contributed by atoms with Crippen LogP contribution in [-0.4, -0.2) is 0 Å². The third kappa shape index (κ3) is 5.53. The van der Waals surface area contributed by atoms with Gasteiger partial charge in [0.05, 0.1) is 11.1 Å². The zero-order valence-corrected chi connectivity index (χ0v) is 38.1. The summed E-state index contributed by atoms with van der Waals surface area (Å²) in [5.74, 6) is 0. The molecule has 0 aromatic heterocycles. The highest BCUT2D eigenvalue weighted by molar-refractivity contribution is 6.14.